The number of carbonyl (C=O) groups is 1. The van der Waals surface area contributed by atoms with E-state index in [-0.39, 0.29) is 17.9 Å². The Morgan fingerprint density at radius 3 is 2.39 bits per heavy atom. The summed E-state index contributed by atoms with van der Waals surface area (Å²) in [5, 5.41) is 3.27. The van der Waals surface area contributed by atoms with Crippen molar-refractivity contribution in [1.29, 1.82) is 0 Å². The summed E-state index contributed by atoms with van der Waals surface area (Å²) >= 11 is 0. The third kappa shape index (κ3) is 5.88. The van der Waals surface area contributed by atoms with E-state index in [4.69, 9.17) is 0 Å². The number of piperidine rings is 2. The molecule has 2 aliphatic heterocycles. The Kier molecular flexibility index (Phi) is 7.29. The Balaban J connectivity index is 1.25. The lowest BCUT2D eigenvalue weighted by Crippen LogP contribution is -2.40. The summed E-state index contributed by atoms with van der Waals surface area (Å²) in [7, 11) is 0. The predicted octanol–water partition coefficient (Wildman–Crippen LogP) is 5.01. The lowest BCUT2D eigenvalue weighted by molar-refractivity contribution is -0.127. The van der Waals surface area contributed by atoms with Gasteiger partial charge in [-0.1, -0.05) is 49.4 Å². The van der Waals surface area contributed by atoms with Crippen LogP contribution in [-0.4, -0.2) is 37.0 Å². The molecule has 4 nitrogen and oxygen atoms in total. The van der Waals surface area contributed by atoms with Gasteiger partial charge in [0.25, 0.3) is 0 Å². The fourth-order valence-electron chi connectivity index (χ4n) is 5.01. The highest BCUT2D eigenvalue weighted by Crippen LogP contribution is 2.25. The number of carbonyl (C=O) groups excluding carboxylic acids is 1. The molecule has 2 aliphatic rings. The van der Waals surface area contributed by atoms with E-state index in [1.165, 1.54) is 29.7 Å². The van der Waals surface area contributed by atoms with Gasteiger partial charge in [-0.15, -0.1) is 0 Å². The third-order valence-corrected chi connectivity index (χ3v) is 6.98. The van der Waals surface area contributed by atoms with E-state index >= 15 is 0 Å². The number of benzene rings is 2. The van der Waals surface area contributed by atoms with Crippen LogP contribution in [0.4, 0.5) is 5.69 Å². The number of nitrogens with one attached hydrogen (secondary N) is 1. The second-order valence-electron chi connectivity index (χ2n) is 9.55. The van der Waals surface area contributed by atoms with E-state index < -0.39 is 0 Å². The molecule has 2 heterocycles. The van der Waals surface area contributed by atoms with Crippen LogP contribution in [0.5, 0.6) is 0 Å². The number of hydrogen-bond donors (Lipinski definition) is 1. The number of amides is 1. The maximum Gasteiger partial charge on any atom is 0.223 e. The molecule has 31 heavy (non-hydrogen) atoms. The minimum atomic E-state index is 0.0455. The van der Waals surface area contributed by atoms with Crippen molar-refractivity contribution in [1.82, 2.24) is 10.2 Å². The second kappa shape index (κ2) is 10.3. The summed E-state index contributed by atoms with van der Waals surface area (Å²) in [6.45, 7) is 9.70. The lowest BCUT2D eigenvalue weighted by Gasteiger charge is -2.33. The van der Waals surface area contributed by atoms with Crippen LogP contribution >= 0.6 is 0 Å². The average molecular weight is 420 g/mol. The topological polar surface area (TPSA) is 35.6 Å². The smallest absolute Gasteiger partial charge is 0.223 e. The monoisotopic (exact) mass is 419 g/mol. The fraction of sp³-hybridized carbons (Fsp3) is 0.519. The zero-order chi connectivity index (χ0) is 21.6. The van der Waals surface area contributed by atoms with Gasteiger partial charge in [-0.2, -0.15) is 0 Å². The van der Waals surface area contributed by atoms with Gasteiger partial charge in [0.05, 0.1) is 6.04 Å². The van der Waals surface area contributed by atoms with E-state index in [1.54, 1.807) is 0 Å². The van der Waals surface area contributed by atoms with Crippen molar-refractivity contribution < 1.29 is 4.79 Å². The summed E-state index contributed by atoms with van der Waals surface area (Å²) in [6.07, 6.45) is 4.50. The van der Waals surface area contributed by atoms with Crippen LogP contribution in [0.2, 0.25) is 0 Å². The Labute approximate surface area is 187 Å². The molecule has 0 unspecified atom stereocenters. The zero-order valence-electron chi connectivity index (χ0n) is 19.1. The van der Waals surface area contributed by atoms with Crippen molar-refractivity contribution >= 4 is 11.6 Å². The van der Waals surface area contributed by atoms with Crippen molar-refractivity contribution in [2.75, 3.05) is 31.1 Å². The maximum atomic E-state index is 12.9. The molecule has 1 N–H and O–H groups in total. The molecule has 0 bridgehead atoms. The number of rotatable bonds is 6. The molecular formula is C27H37N3O. The minimum absolute atomic E-state index is 0.0455. The first kappa shape index (κ1) is 21.9. The van der Waals surface area contributed by atoms with E-state index in [0.29, 0.717) is 0 Å². The quantitative estimate of drug-likeness (QED) is 0.715. The van der Waals surface area contributed by atoms with Crippen molar-refractivity contribution in [3.05, 3.63) is 65.7 Å². The average Bonchev–Trinajstić information content (AvgIpc) is 2.80. The van der Waals surface area contributed by atoms with Crippen LogP contribution < -0.4 is 10.2 Å². The largest absolute Gasteiger partial charge is 0.371 e. The van der Waals surface area contributed by atoms with Gasteiger partial charge in [0, 0.05) is 31.2 Å². The molecule has 0 radical (unpaired) electrons. The highest BCUT2D eigenvalue weighted by molar-refractivity contribution is 5.79. The molecule has 2 atom stereocenters. The molecule has 4 rings (SSSR count). The third-order valence-electron chi connectivity index (χ3n) is 6.98. The predicted molar refractivity (Wildman–Crippen MR) is 128 cm³/mol. The van der Waals surface area contributed by atoms with Crippen molar-refractivity contribution in [3.63, 3.8) is 0 Å². The molecule has 2 fully saturated rings. The van der Waals surface area contributed by atoms with Crippen LogP contribution in [0.25, 0.3) is 0 Å². The van der Waals surface area contributed by atoms with E-state index in [2.05, 4.69) is 83.6 Å². The van der Waals surface area contributed by atoms with Crippen LogP contribution in [0.1, 0.15) is 56.7 Å². The van der Waals surface area contributed by atoms with Crippen molar-refractivity contribution in [2.24, 2.45) is 11.8 Å². The normalized spacial score (nSPS) is 21.6. The zero-order valence-corrected chi connectivity index (χ0v) is 19.1. The molecular weight excluding hydrogens is 382 g/mol. The molecule has 1 amide bonds. The number of likely N-dealkylation sites (tertiary alicyclic amines) is 1. The Morgan fingerprint density at radius 2 is 1.71 bits per heavy atom. The van der Waals surface area contributed by atoms with Gasteiger partial charge in [0.1, 0.15) is 0 Å². The Hall–Kier alpha value is -2.33. The van der Waals surface area contributed by atoms with Gasteiger partial charge >= 0.3 is 0 Å². The Bertz CT molecular complexity index is 827. The van der Waals surface area contributed by atoms with E-state index in [9.17, 15) is 4.79 Å². The first-order valence-corrected chi connectivity index (χ1v) is 12.0. The molecule has 2 aromatic carbocycles. The van der Waals surface area contributed by atoms with Crippen LogP contribution in [-0.2, 0) is 11.3 Å². The summed E-state index contributed by atoms with van der Waals surface area (Å²) in [6, 6.07) is 19.5. The molecule has 2 aromatic rings. The van der Waals surface area contributed by atoms with Gasteiger partial charge < -0.3 is 10.2 Å². The highest BCUT2D eigenvalue weighted by Gasteiger charge is 2.26. The van der Waals surface area contributed by atoms with Crippen molar-refractivity contribution in [2.45, 2.75) is 52.1 Å². The molecule has 0 aliphatic carbocycles. The molecule has 2 saturated heterocycles. The molecule has 0 saturated carbocycles. The summed E-state index contributed by atoms with van der Waals surface area (Å²) in [4.78, 5) is 17.8. The highest BCUT2D eigenvalue weighted by atomic mass is 16.1. The van der Waals surface area contributed by atoms with E-state index in [1.807, 2.05) is 0 Å². The van der Waals surface area contributed by atoms with Crippen LogP contribution in [0.15, 0.2) is 54.6 Å². The second-order valence-corrected chi connectivity index (χ2v) is 9.55. The first-order chi connectivity index (χ1) is 15.1. The lowest BCUT2D eigenvalue weighted by atomic mass is 9.94. The van der Waals surface area contributed by atoms with Crippen LogP contribution in [0.3, 0.4) is 0 Å². The van der Waals surface area contributed by atoms with E-state index in [0.717, 1.165) is 51.5 Å². The number of nitrogens with zero attached hydrogens (tertiary/aromatic N) is 2. The standard InChI is InChI=1S/C27H37N3O/c1-21-7-6-16-30(19-21)26-12-10-24(11-13-26)22(2)28-27(31)25-14-17-29(18-15-25)20-23-8-4-3-5-9-23/h3-5,8-13,21-22,25H,6-7,14-20H2,1-2H3,(H,28,31)/t21-,22+/m1/s1. The van der Waals surface area contributed by atoms with Gasteiger partial charge in [-0.05, 0) is 74.9 Å². The first-order valence-electron chi connectivity index (χ1n) is 12.0. The fourth-order valence-corrected chi connectivity index (χ4v) is 5.01. The van der Waals surface area contributed by atoms with Crippen LogP contribution in [0, 0.1) is 11.8 Å². The Morgan fingerprint density at radius 1 is 1.00 bits per heavy atom. The number of anilines is 1. The molecule has 4 heteroatoms. The summed E-state index contributed by atoms with van der Waals surface area (Å²) in [5.41, 5.74) is 3.84. The SMILES string of the molecule is C[C@@H]1CCCN(c2ccc([C@H](C)NC(=O)C3CCN(Cc4ccccc4)CC3)cc2)C1. The maximum absolute atomic E-state index is 12.9. The molecule has 0 spiro atoms. The van der Waals surface area contributed by atoms with Gasteiger partial charge in [0.15, 0.2) is 0 Å². The van der Waals surface area contributed by atoms with Gasteiger partial charge in [0.2, 0.25) is 5.91 Å². The summed E-state index contributed by atoms with van der Waals surface area (Å²) in [5.74, 6) is 1.11. The minimum Gasteiger partial charge on any atom is -0.371 e. The molecule has 0 aromatic heterocycles. The number of hydrogen-bond acceptors (Lipinski definition) is 3. The summed E-state index contributed by atoms with van der Waals surface area (Å²) < 4.78 is 0. The van der Waals surface area contributed by atoms with Crippen molar-refractivity contribution in [3.8, 4) is 0 Å². The van der Waals surface area contributed by atoms with Gasteiger partial charge in [-0.3, -0.25) is 9.69 Å². The van der Waals surface area contributed by atoms with Gasteiger partial charge in [-0.25, -0.2) is 0 Å². The molecule has 166 valence electrons.